The number of methoxy groups -OCH3 is 1. The monoisotopic (exact) mass is 343 g/mol. The van der Waals surface area contributed by atoms with Gasteiger partial charge in [0.15, 0.2) is 0 Å². The number of ether oxygens (including phenoxy) is 1. The Hall–Kier alpha value is -1.99. The molecule has 0 saturated carbocycles. The molecule has 6 nitrogen and oxygen atoms in total. The lowest BCUT2D eigenvalue weighted by Gasteiger charge is -2.10. The number of carbonyl (C=O) groups excluding carboxylic acids is 1. The Balaban J connectivity index is 0.00000242. The number of benzene rings is 1. The number of aryl methyl sites for hydroxylation is 1. The van der Waals surface area contributed by atoms with Gasteiger partial charge in [0.2, 0.25) is 5.91 Å². The van der Waals surface area contributed by atoms with E-state index in [1.165, 1.54) is 0 Å². The maximum absolute atomic E-state index is 12.0. The minimum absolute atomic E-state index is 0. The van der Waals surface area contributed by atoms with Crippen molar-refractivity contribution >= 4 is 41.0 Å². The van der Waals surface area contributed by atoms with Crippen LogP contribution in [0.3, 0.4) is 0 Å². The van der Waals surface area contributed by atoms with E-state index in [4.69, 9.17) is 10.5 Å². The Bertz CT molecular complexity index is 712. The number of nitrogens with zero attached hydrogens (tertiary/aromatic N) is 1. The summed E-state index contributed by atoms with van der Waals surface area (Å²) in [6, 6.07) is 5.05. The molecule has 0 aliphatic rings. The van der Waals surface area contributed by atoms with Crippen LogP contribution in [0, 0.1) is 6.92 Å². The highest BCUT2D eigenvalue weighted by atomic mass is 35.5. The van der Waals surface area contributed by atoms with Gasteiger partial charge in [0.25, 0.3) is 0 Å². The SMILES string of the molecule is COc1ccc(N)c(NC(=O)CCn2c(C)csc2=O)c1.Cl. The lowest BCUT2D eigenvalue weighted by atomic mass is 10.2. The molecule has 2 aromatic rings. The van der Waals surface area contributed by atoms with Crippen molar-refractivity contribution in [3.63, 3.8) is 0 Å². The predicted molar refractivity (Wildman–Crippen MR) is 91.2 cm³/mol. The second kappa shape index (κ2) is 7.86. The molecule has 0 fully saturated rings. The van der Waals surface area contributed by atoms with E-state index in [1.807, 2.05) is 6.92 Å². The fourth-order valence-electron chi connectivity index (χ4n) is 1.87. The summed E-state index contributed by atoms with van der Waals surface area (Å²) >= 11 is 1.13. The van der Waals surface area contributed by atoms with Crippen LogP contribution in [-0.4, -0.2) is 17.6 Å². The van der Waals surface area contributed by atoms with E-state index in [0.717, 1.165) is 17.0 Å². The number of nitrogen functional groups attached to an aromatic ring is 1. The summed E-state index contributed by atoms with van der Waals surface area (Å²) in [7, 11) is 1.54. The Morgan fingerprint density at radius 3 is 2.77 bits per heavy atom. The number of nitrogens with two attached hydrogens (primary N) is 1. The van der Waals surface area contributed by atoms with Crippen LogP contribution in [0.5, 0.6) is 5.75 Å². The fraction of sp³-hybridized carbons (Fsp3) is 0.286. The van der Waals surface area contributed by atoms with Crippen LogP contribution in [0.15, 0.2) is 28.4 Å². The summed E-state index contributed by atoms with van der Waals surface area (Å²) in [5.41, 5.74) is 7.64. The number of rotatable bonds is 5. The van der Waals surface area contributed by atoms with Crippen molar-refractivity contribution in [3.05, 3.63) is 38.9 Å². The highest BCUT2D eigenvalue weighted by Crippen LogP contribution is 2.24. The maximum atomic E-state index is 12.0. The smallest absolute Gasteiger partial charge is 0.307 e. The van der Waals surface area contributed by atoms with Crippen LogP contribution in [0.4, 0.5) is 11.4 Å². The van der Waals surface area contributed by atoms with Gasteiger partial charge in [-0.2, -0.15) is 0 Å². The summed E-state index contributed by atoms with van der Waals surface area (Å²) < 4.78 is 6.67. The highest BCUT2D eigenvalue weighted by molar-refractivity contribution is 7.07. The second-order valence-corrected chi connectivity index (χ2v) is 5.37. The van der Waals surface area contributed by atoms with E-state index >= 15 is 0 Å². The van der Waals surface area contributed by atoms with Crippen molar-refractivity contribution in [2.45, 2.75) is 19.9 Å². The Morgan fingerprint density at radius 2 is 2.18 bits per heavy atom. The number of hydrogen-bond acceptors (Lipinski definition) is 5. The quantitative estimate of drug-likeness (QED) is 0.815. The van der Waals surface area contributed by atoms with Gasteiger partial charge < -0.3 is 20.4 Å². The summed E-state index contributed by atoms with van der Waals surface area (Å²) in [4.78, 5) is 23.5. The number of aromatic nitrogens is 1. The minimum atomic E-state index is -0.201. The number of thiazole rings is 1. The number of anilines is 2. The Labute approximate surface area is 138 Å². The largest absolute Gasteiger partial charge is 0.497 e. The molecule has 0 bridgehead atoms. The zero-order chi connectivity index (χ0) is 15.4. The maximum Gasteiger partial charge on any atom is 0.307 e. The number of amides is 1. The van der Waals surface area contributed by atoms with E-state index in [2.05, 4.69) is 5.32 Å². The van der Waals surface area contributed by atoms with Crippen molar-refractivity contribution in [2.75, 3.05) is 18.2 Å². The topological polar surface area (TPSA) is 86.3 Å². The normalized spacial score (nSPS) is 9.91. The molecule has 0 aliphatic carbocycles. The van der Waals surface area contributed by atoms with Gasteiger partial charge in [-0.3, -0.25) is 9.59 Å². The molecule has 0 saturated heterocycles. The average Bonchev–Trinajstić information content (AvgIpc) is 2.78. The van der Waals surface area contributed by atoms with Crippen LogP contribution in [0.1, 0.15) is 12.1 Å². The summed E-state index contributed by atoms with van der Waals surface area (Å²) in [5, 5.41) is 4.51. The molecule has 8 heteroatoms. The molecule has 120 valence electrons. The molecular formula is C14H18ClN3O3S. The Morgan fingerprint density at radius 1 is 1.45 bits per heavy atom. The summed E-state index contributed by atoms with van der Waals surface area (Å²) in [6.07, 6.45) is 0.203. The predicted octanol–water partition coefficient (Wildman–Crippen LogP) is 2.26. The van der Waals surface area contributed by atoms with E-state index in [0.29, 0.717) is 23.7 Å². The van der Waals surface area contributed by atoms with Gasteiger partial charge in [0.05, 0.1) is 18.5 Å². The van der Waals surface area contributed by atoms with Gasteiger partial charge in [-0.05, 0) is 19.1 Å². The molecule has 0 radical (unpaired) electrons. The van der Waals surface area contributed by atoms with Gasteiger partial charge in [0.1, 0.15) is 5.75 Å². The molecule has 0 unspecified atom stereocenters. The second-order valence-electron chi connectivity index (χ2n) is 4.55. The molecule has 1 aromatic carbocycles. The fourth-order valence-corrected chi connectivity index (χ4v) is 2.63. The molecule has 0 atom stereocenters. The molecule has 22 heavy (non-hydrogen) atoms. The number of carbonyl (C=O) groups is 1. The van der Waals surface area contributed by atoms with Crippen molar-refractivity contribution in [2.24, 2.45) is 0 Å². The van der Waals surface area contributed by atoms with E-state index in [1.54, 1.807) is 35.3 Å². The first-order valence-electron chi connectivity index (χ1n) is 6.39. The molecule has 0 spiro atoms. The van der Waals surface area contributed by atoms with E-state index in [9.17, 15) is 9.59 Å². The number of hydrogen-bond donors (Lipinski definition) is 2. The Kier molecular flexibility index (Phi) is 6.45. The summed E-state index contributed by atoms with van der Waals surface area (Å²) in [5.74, 6) is 0.414. The van der Waals surface area contributed by atoms with Crippen molar-refractivity contribution in [3.8, 4) is 5.75 Å². The first-order chi connectivity index (χ1) is 10.0. The zero-order valence-corrected chi connectivity index (χ0v) is 13.9. The van der Waals surface area contributed by atoms with Crippen LogP contribution < -0.4 is 20.7 Å². The molecule has 1 amide bonds. The molecule has 0 aliphatic heterocycles. The molecule has 2 rings (SSSR count). The lowest BCUT2D eigenvalue weighted by molar-refractivity contribution is -0.116. The summed E-state index contributed by atoms with van der Waals surface area (Å²) in [6.45, 7) is 2.19. The zero-order valence-electron chi connectivity index (χ0n) is 12.3. The third-order valence-corrected chi connectivity index (χ3v) is 3.95. The molecule has 1 heterocycles. The van der Waals surface area contributed by atoms with Crippen molar-refractivity contribution in [1.82, 2.24) is 4.57 Å². The van der Waals surface area contributed by atoms with Crippen molar-refractivity contribution in [1.29, 1.82) is 0 Å². The van der Waals surface area contributed by atoms with Crippen LogP contribution >= 0.6 is 23.7 Å². The van der Waals surface area contributed by atoms with Gasteiger partial charge in [-0.1, -0.05) is 11.3 Å². The van der Waals surface area contributed by atoms with Gasteiger partial charge in [-0.15, -0.1) is 12.4 Å². The van der Waals surface area contributed by atoms with Crippen LogP contribution in [0.2, 0.25) is 0 Å². The van der Waals surface area contributed by atoms with Crippen LogP contribution in [0.25, 0.3) is 0 Å². The minimum Gasteiger partial charge on any atom is -0.497 e. The van der Waals surface area contributed by atoms with Gasteiger partial charge in [-0.25, -0.2) is 0 Å². The van der Waals surface area contributed by atoms with Crippen LogP contribution in [-0.2, 0) is 11.3 Å². The molecule has 1 aromatic heterocycles. The number of nitrogens with one attached hydrogen (secondary N) is 1. The first-order valence-corrected chi connectivity index (χ1v) is 7.27. The van der Waals surface area contributed by atoms with Gasteiger partial charge >= 0.3 is 4.87 Å². The highest BCUT2D eigenvalue weighted by Gasteiger charge is 2.09. The number of halogens is 1. The third kappa shape index (κ3) is 4.25. The van der Waals surface area contributed by atoms with Gasteiger partial charge in [0, 0.05) is 30.1 Å². The molecule has 3 N–H and O–H groups in total. The standard InChI is InChI=1S/C14H17N3O3S.ClH/c1-9-8-21-14(19)17(9)6-5-13(18)16-12-7-10(20-2)3-4-11(12)15;/h3-4,7-8H,5-6,15H2,1-2H3,(H,16,18);1H. The lowest BCUT2D eigenvalue weighted by Crippen LogP contribution is -2.20. The van der Waals surface area contributed by atoms with Crippen molar-refractivity contribution < 1.29 is 9.53 Å². The first kappa shape index (κ1) is 18.1. The van der Waals surface area contributed by atoms with E-state index < -0.39 is 0 Å². The average molecular weight is 344 g/mol. The molecular weight excluding hydrogens is 326 g/mol. The third-order valence-electron chi connectivity index (χ3n) is 3.07. The van der Waals surface area contributed by atoms with E-state index in [-0.39, 0.29) is 29.6 Å².